The van der Waals surface area contributed by atoms with Gasteiger partial charge in [0.25, 0.3) is 0 Å². The van der Waals surface area contributed by atoms with Crippen molar-refractivity contribution >= 4 is 0 Å². The standard InChI is InChI=1S/C25H38O3/c1-16(2)7-6-8-17(3)19-11-12-23(4)13-21-22-18(9-10-20(19)23)14-28-25(22,27)15-24(21,5)26/h6-9,17,19-22,26-27H,10-15H2,1-5H3/b8-6+,18-9-/t17-,19+,20-,21-,22+,23+,24+,25-/m0/s1. The Labute approximate surface area is 170 Å². The minimum absolute atomic E-state index is 0.0330. The smallest absolute Gasteiger partial charge is 0.175 e. The van der Waals surface area contributed by atoms with Crippen molar-refractivity contribution in [2.75, 3.05) is 6.61 Å². The summed E-state index contributed by atoms with van der Waals surface area (Å²) in [5, 5.41) is 22.2. The summed E-state index contributed by atoms with van der Waals surface area (Å²) in [6, 6.07) is 0. The SMILES string of the molecule is CC(C)=C/C=C/[C@H](C)[C@H]1CC[C@]2(C)C[C@H]3[C@H]4/C(=C\C[C@@H]12)CO[C@@]4(O)C[C@@]3(C)O. The van der Waals surface area contributed by atoms with Crippen molar-refractivity contribution in [1.82, 2.24) is 0 Å². The van der Waals surface area contributed by atoms with E-state index in [1.54, 1.807) is 0 Å². The van der Waals surface area contributed by atoms with Gasteiger partial charge < -0.3 is 14.9 Å². The minimum atomic E-state index is -1.17. The van der Waals surface area contributed by atoms with E-state index in [9.17, 15) is 10.2 Å². The molecule has 1 aliphatic heterocycles. The molecule has 0 aromatic heterocycles. The van der Waals surface area contributed by atoms with Crippen molar-refractivity contribution in [3.63, 3.8) is 0 Å². The molecule has 28 heavy (non-hydrogen) atoms. The van der Waals surface area contributed by atoms with Crippen LogP contribution in [0.4, 0.5) is 0 Å². The van der Waals surface area contributed by atoms with Gasteiger partial charge in [-0.3, -0.25) is 0 Å². The first-order valence-electron chi connectivity index (χ1n) is 11.2. The van der Waals surface area contributed by atoms with E-state index in [-0.39, 0.29) is 17.3 Å². The molecule has 156 valence electrons. The molecule has 0 spiro atoms. The zero-order valence-electron chi connectivity index (χ0n) is 18.2. The lowest BCUT2D eigenvalue weighted by molar-refractivity contribution is -0.191. The van der Waals surface area contributed by atoms with Crippen LogP contribution in [0.1, 0.15) is 66.7 Å². The molecule has 3 heteroatoms. The van der Waals surface area contributed by atoms with Gasteiger partial charge in [-0.1, -0.05) is 43.7 Å². The second-order valence-electron chi connectivity index (χ2n) is 10.9. The molecule has 0 radical (unpaired) electrons. The molecule has 2 N–H and O–H groups in total. The maximum Gasteiger partial charge on any atom is 0.175 e. The third-order valence-corrected chi connectivity index (χ3v) is 8.49. The maximum atomic E-state index is 11.2. The molecule has 3 fully saturated rings. The fourth-order valence-electron chi connectivity index (χ4n) is 7.03. The first-order valence-corrected chi connectivity index (χ1v) is 11.2. The summed E-state index contributed by atoms with van der Waals surface area (Å²) in [5.41, 5.74) is 1.91. The first kappa shape index (κ1) is 20.4. The number of allylic oxidation sites excluding steroid dienone is 5. The molecule has 0 amide bonds. The van der Waals surface area contributed by atoms with Crippen molar-refractivity contribution < 1.29 is 14.9 Å². The van der Waals surface area contributed by atoms with Gasteiger partial charge in [-0.2, -0.15) is 0 Å². The van der Waals surface area contributed by atoms with Crippen LogP contribution in [0.25, 0.3) is 0 Å². The summed E-state index contributed by atoms with van der Waals surface area (Å²) < 4.78 is 5.84. The van der Waals surface area contributed by atoms with Gasteiger partial charge in [0.15, 0.2) is 5.79 Å². The molecule has 8 atom stereocenters. The molecular weight excluding hydrogens is 348 g/mol. The summed E-state index contributed by atoms with van der Waals surface area (Å²) in [6.45, 7) is 11.5. The number of ether oxygens (including phenoxy) is 1. The van der Waals surface area contributed by atoms with Crippen LogP contribution in [0, 0.1) is 35.0 Å². The topological polar surface area (TPSA) is 49.7 Å². The lowest BCUT2D eigenvalue weighted by Crippen LogP contribution is -2.40. The monoisotopic (exact) mass is 386 g/mol. The number of fused-ring (bicyclic) bond motifs is 1. The maximum absolute atomic E-state index is 11.2. The predicted molar refractivity (Wildman–Crippen MR) is 112 cm³/mol. The fourth-order valence-corrected chi connectivity index (χ4v) is 7.03. The zero-order chi connectivity index (χ0) is 20.3. The van der Waals surface area contributed by atoms with Crippen LogP contribution in [0.15, 0.2) is 35.5 Å². The summed E-state index contributed by atoms with van der Waals surface area (Å²) in [5.74, 6) is 0.729. The van der Waals surface area contributed by atoms with E-state index in [0.29, 0.717) is 30.8 Å². The summed E-state index contributed by atoms with van der Waals surface area (Å²) in [7, 11) is 0. The second-order valence-corrected chi connectivity index (χ2v) is 10.9. The van der Waals surface area contributed by atoms with Gasteiger partial charge in [0, 0.05) is 12.3 Å². The van der Waals surface area contributed by atoms with Gasteiger partial charge in [0.2, 0.25) is 0 Å². The Balaban J connectivity index is 1.63. The predicted octanol–water partition coefficient (Wildman–Crippen LogP) is 5.00. The molecule has 2 saturated carbocycles. The number of hydrogen-bond donors (Lipinski definition) is 2. The highest BCUT2D eigenvalue weighted by molar-refractivity contribution is 5.26. The number of rotatable bonds is 3. The van der Waals surface area contributed by atoms with Gasteiger partial charge in [-0.05, 0) is 81.1 Å². The van der Waals surface area contributed by atoms with E-state index in [4.69, 9.17) is 4.74 Å². The summed E-state index contributed by atoms with van der Waals surface area (Å²) in [4.78, 5) is 0. The molecular formula is C25H38O3. The summed E-state index contributed by atoms with van der Waals surface area (Å²) >= 11 is 0. The Hall–Kier alpha value is -0.900. The van der Waals surface area contributed by atoms with Crippen LogP contribution in [-0.2, 0) is 4.74 Å². The van der Waals surface area contributed by atoms with Crippen LogP contribution in [-0.4, -0.2) is 28.2 Å². The molecule has 0 unspecified atom stereocenters. The van der Waals surface area contributed by atoms with Gasteiger partial charge in [-0.25, -0.2) is 0 Å². The van der Waals surface area contributed by atoms with E-state index in [1.165, 1.54) is 24.0 Å². The van der Waals surface area contributed by atoms with Gasteiger partial charge in [0.1, 0.15) is 0 Å². The second kappa shape index (κ2) is 6.82. The Morgan fingerprint density at radius 1 is 1.25 bits per heavy atom. The lowest BCUT2D eigenvalue weighted by Gasteiger charge is -2.43. The normalized spacial score (nSPS) is 50.5. The Kier molecular flexibility index (Phi) is 4.96. The fraction of sp³-hybridized carbons (Fsp3) is 0.760. The molecule has 4 aliphatic rings. The van der Waals surface area contributed by atoms with Crippen LogP contribution in [0.3, 0.4) is 0 Å². The van der Waals surface area contributed by atoms with Crippen molar-refractivity contribution in [3.8, 4) is 0 Å². The van der Waals surface area contributed by atoms with E-state index >= 15 is 0 Å². The molecule has 4 rings (SSSR count). The highest BCUT2D eigenvalue weighted by Gasteiger charge is 2.65. The molecule has 0 aromatic rings. The van der Waals surface area contributed by atoms with Gasteiger partial charge >= 0.3 is 0 Å². The third kappa shape index (κ3) is 3.24. The molecule has 1 saturated heterocycles. The van der Waals surface area contributed by atoms with E-state index in [1.807, 2.05) is 6.92 Å². The van der Waals surface area contributed by atoms with Crippen molar-refractivity contribution in [2.45, 2.75) is 78.1 Å². The van der Waals surface area contributed by atoms with Crippen molar-refractivity contribution in [3.05, 3.63) is 35.5 Å². The quantitative estimate of drug-likeness (QED) is 0.530. The molecule has 3 aliphatic carbocycles. The Morgan fingerprint density at radius 2 is 2.00 bits per heavy atom. The highest BCUT2D eigenvalue weighted by Crippen LogP contribution is 2.63. The summed E-state index contributed by atoms with van der Waals surface area (Å²) in [6.07, 6.45) is 14.0. The average Bonchev–Trinajstić information content (AvgIpc) is 3.11. The Bertz CT molecular complexity index is 713. The zero-order valence-corrected chi connectivity index (χ0v) is 18.2. The van der Waals surface area contributed by atoms with Crippen molar-refractivity contribution in [1.29, 1.82) is 0 Å². The van der Waals surface area contributed by atoms with Crippen LogP contribution < -0.4 is 0 Å². The number of aliphatic hydroxyl groups is 2. The molecule has 0 aromatic carbocycles. The molecule has 1 heterocycles. The molecule has 0 bridgehead atoms. The molecule has 3 nitrogen and oxygen atoms in total. The third-order valence-electron chi connectivity index (χ3n) is 8.49. The first-order chi connectivity index (χ1) is 13.1. The Morgan fingerprint density at radius 3 is 2.71 bits per heavy atom. The largest absolute Gasteiger partial charge is 0.390 e. The van der Waals surface area contributed by atoms with Gasteiger partial charge in [-0.15, -0.1) is 0 Å². The van der Waals surface area contributed by atoms with Crippen LogP contribution >= 0.6 is 0 Å². The van der Waals surface area contributed by atoms with Crippen LogP contribution in [0.5, 0.6) is 0 Å². The lowest BCUT2D eigenvalue weighted by atomic mass is 9.63. The van der Waals surface area contributed by atoms with Crippen molar-refractivity contribution in [2.24, 2.45) is 35.0 Å². The number of hydrogen-bond acceptors (Lipinski definition) is 3. The minimum Gasteiger partial charge on any atom is -0.390 e. The van der Waals surface area contributed by atoms with Crippen LogP contribution in [0.2, 0.25) is 0 Å². The average molecular weight is 387 g/mol. The van der Waals surface area contributed by atoms with E-state index in [0.717, 1.165) is 12.8 Å². The van der Waals surface area contributed by atoms with E-state index in [2.05, 4.69) is 52.0 Å². The van der Waals surface area contributed by atoms with E-state index < -0.39 is 11.4 Å². The van der Waals surface area contributed by atoms with Gasteiger partial charge in [0.05, 0.1) is 12.2 Å². The highest BCUT2D eigenvalue weighted by atomic mass is 16.6.